The minimum atomic E-state index is -3.77. The summed E-state index contributed by atoms with van der Waals surface area (Å²) in [5.74, 6) is 0.296. The van der Waals surface area contributed by atoms with Gasteiger partial charge in [-0.3, -0.25) is 9.52 Å². The molecule has 2 N–H and O–H groups in total. The number of rotatable bonds is 6. The van der Waals surface area contributed by atoms with Crippen molar-refractivity contribution in [1.29, 1.82) is 0 Å². The monoisotopic (exact) mass is 355 g/mol. The second-order valence-corrected chi connectivity index (χ2v) is 7.26. The summed E-state index contributed by atoms with van der Waals surface area (Å²) in [6.07, 6.45) is 0. The van der Waals surface area contributed by atoms with Crippen LogP contribution in [-0.4, -0.2) is 33.0 Å². The Hall–Kier alpha value is -2.13. The average Bonchev–Trinajstić information content (AvgIpc) is 2.87. The number of hydrogen-bond acceptors (Lipinski definition) is 6. The van der Waals surface area contributed by atoms with Crippen LogP contribution in [0.15, 0.2) is 29.2 Å². The van der Waals surface area contributed by atoms with Gasteiger partial charge >= 0.3 is 0 Å². The quantitative estimate of drug-likeness (QED) is 0.826. The number of amides is 1. The number of benzene rings is 1. The van der Waals surface area contributed by atoms with Gasteiger partial charge in [-0.25, -0.2) is 13.4 Å². The van der Waals surface area contributed by atoms with E-state index in [1.54, 1.807) is 19.1 Å². The number of anilines is 1. The SMILES string of the molecule is CCNC(=O)c1sc(NS(=O)(=O)c2ccc(OC)cc2)nc1C. The zero-order valence-corrected chi connectivity index (χ0v) is 14.5. The highest BCUT2D eigenvalue weighted by molar-refractivity contribution is 7.93. The van der Waals surface area contributed by atoms with Crippen molar-refractivity contribution in [2.24, 2.45) is 0 Å². The number of aromatic nitrogens is 1. The van der Waals surface area contributed by atoms with Gasteiger partial charge in [0.15, 0.2) is 5.13 Å². The van der Waals surface area contributed by atoms with Gasteiger partial charge < -0.3 is 10.1 Å². The number of carbonyl (C=O) groups is 1. The van der Waals surface area contributed by atoms with E-state index in [0.29, 0.717) is 22.9 Å². The third-order valence-electron chi connectivity index (χ3n) is 2.93. The molecule has 1 aromatic carbocycles. The summed E-state index contributed by atoms with van der Waals surface area (Å²) in [7, 11) is -2.27. The van der Waals surface area contributed by atoms with E-state index in [9.17, 15) is 13.2 Å². The van der Waals surface area contributed by atoms with E-state index in [1.807, 2.05) is 6.92 Å². The van der Waals surface area contributed by atoms with Crippen LogP contribution in [0, 0.1) is 6.92 Å². The van der Waals surface area contributed by atoms with Crippen LogP contribution < -0.4 is 14.8 Å². The first kappa shape index (κ1) is 17.2. The van der Waals surface area contributed by atoms with Crippen LogP contribution in [0.1, 0.15) is 22.3 Å². The fourth-order valence-corrected chi connectivity index (χ4v) is 3.94. The Balaban J connectivity index is 2.23. The molecule has 0 aliphatic heterocycles. The number of carbonyl (C=O) groups excluding carboxylic acids is 1. The van der Waals surface area contributed by atoms with Crippen LogP contribution in [0.4, 0.5) is 5.13 Å². The highest BCUT2D eigenvalue weighted by Crippen LogP contribution is 2.25. The lowest BCUT2D eigenvalue weighted by atomic mass is 10.3. The normalized spacial score (nSPS) is 11.1. The molecule has 0 aliphatic carbocycles. The Morgan fingerprint density at radius 3 is 2.52 bits per heavy atom. The van der Waals surface area contributed by atoms with Gasteiger partial charge in [0.05, 0.1) is 17.7 Å². The fraction of sp³-hybridized carbons (Fsp3) is 0.286. The minimum absolute atomic E-state index is 0.0886. The molecule has 2 rings (SSSR count). The van der Waals surface area contributed by atoms with E-state index in [2.05, 4.69) is 15.0 Å². The first-order valence-electron chi connectivity index (χ1n) is 6.80. The van der Waals surface area contributed by atoms with Crippen molar-refractivity contribution in [2.45, 2.75) is 18.7 Å². The van der Waals surface area contributed by atoms with Crippen molar-refractivity contribution in [3.8, 4) is 5.75 Å². The summed E-state index contributed by atoms with van der Waals surface area (Å²) in [5, 5.41) is 2.82. The molecule has 23 heavy (non-hydrogen) atoms. The van der Waals surface area contributed by atoms with Crippen molar-refractivity contribution >= 4 is 32.4 Å². The Labute approximate surface area is 138 Å². The zero-order chi connectivity index (χ0) is 17.0. The topological polar surface area (TPSA) is 97.4 Å². The zero-order valence-electron chi connectivity index (χ0n) is 12.9. The van der Waals surface area contributed by atoms with E-state index in [-0.39, 0.29) is 15.9 Å². The molecule has 1 heterocycles. The largest absolute Gasteiger partial charge is 0.497 e. The smallest absolute Gasteiger partial charge is 0.263 e. The van der Waals surface area contributed by atoms with E-state index < -0.39 is 10.0 Å². The van der Waals surface area contributed by atoms with E-state index >= 15 is 0 Å². The summed E-state index contributed by atoms with van der Waals surface area (Å²) in [6.45, 7) is 3.96. The predicted molar refractivity (Wildman–Crippen MR) is 88.7 cm³/mol. The van der Waals surface area contributed by atoms with Crippen molar-refractivity contribution in [1.82, 2.24) is 10.3 Å². The molecule has 0 radical (unpaired) electrons. The van der Waals surface area contributed by atoms with Gasteiger partial charge in [0.1, 0.15) is 10.6 Å². The minimum Gasteiger partial charge on any atom is -0.497 e. The molecule has 0 saturated heterocycles. The molecule has 2 aromatic rings. The Morgan fingerprint density at radius 1 is 1.30 bits per heavy atom. The number of aryl methyl sites for hydroxylation is 1. The standard InChI is InChI=1S/C14H17N3O4S2/c1-4-15-13(18)12-9(2)16-14(22-12)17-23(19,20)11-7-5-10(21-3)6-8-11/h5-8H,4H2,1-3H3,(H,15,18)(H,16,17). The molecule has 1 aromatic heterocycles. The molecule has 0 unspecified atom stereocenters. The number of ether oxygens (including phenoxy) is 1. The van der Waals surface area contributed by atoms with Gasteiger partial charge in [-0.15, -0.1) is 0 Å². The van der Waals surface area contributed by atoms with Crippen molar-refractivity contribution in [3.05, 3.63) is 34.8 Å². The van der Waals surface area contributed by atoms with Gasteiger partial charge in [0, 0.05) is 6.54 Å². The molecule has 0 saturated carbocycles. The van der Waals surface area contributed by atoms with E-state index in [4.69, 9.17) is 4.74 Å². The van der Waals surface area contributed by atoms with Crippen LogP contribution in [0.5, 0.6) is 5.75 Å². The highest BCUT2D eigenvalue weighted by Gasteiger charge is 2.20. The third-order valence-corrected chi connectivity index (χ3v) is 5.49. The second-order valence-electron chi connectivity index (χ2n) is 4.57. The van der Waals surface area contributed by atoms with Gasteiger partial charge in [-0.05, 0) is 38.1 Å². The summed E-state index contributed by atoms with van der Waals surface area (Å²) in [5.41, 5.74) is 0.480. The summed E-state index contributed by atoms with van der Waals surface area (Å²) < 4.78 is 32.1. The van der Waals surface area contributed by atoms with E-state index in [1.165, 1.54) is 19.2 Å². The number of nitrogens with one attached hydrogen (secondary N) is 2. The Kier molecular flexibility index (Phi) is 5.22. The first-order valence-corrected chi connectivity index (χ1v) is 9.10. The molecular weight excluding hydrogens is 338 g/mol. The Morgan fingerprint density at radius 2 is 1.96 bits per heavy atom. The third kappa shape index (κ3) is 3.99. The molecular formula is C14H17N3O4S2. The lowest BCUT2D eigenvalue weighted by Gasteiger charge is -2.06. The van der Waals surface area contributed by atoms with Gasteiger partial charge in [0.2, 0.25) is 0 Å². The summed E-state index contributed by atoms with van der Waals surface area (Å²) in [4.78, 5) is 16.4. The number of thiazole rings is 1. The highest BCUT2D eigenvalue weighted by atomic mass is 32.2. The van der Waals surface area contributed by atoms with Gasteiger partial charge in [0.25, 0.3) is 15.9 Å². The molecule has 0 bridgehead atoms. The van der Waals surface area contributed by atoms with Crippen LogP contribution in [0.2, 0.25) is 0 Å². The fourth-order valence-electron chi connectivity index (χ4n) is 1.82. The number of sulfonamides is 1. The molecule has 0 aliphatic rings. The average molecular weight is 355 g/mol. The molecule has 9 heteroatoms. The Bertz CT molecular complexity index is 798. The maximum absolute atomic E-state index is 12.3. The lowest BCUT2D eigenvalue weighted by molar-refractivity contribution is 0.0959. The number of methoxy groups -OCH3 is 1. The molecule has 0 atom stereocenters. The predicted octanol–water partition coefficient (Wildman–Crippen LogP) is 2.01. The van der Waals surface area contributed by atoms with Crippen molar-refractivity contribution in [3.63, 3.8) is 0 Å². The lowest BCUT2D eigenvalue weighted by Crippen LogP contribution is -2.22. The van der Waals surface area contributed by atoms with Crippen LogP contribution in [0.3, 0.4) is 0 Å². The van der Waals surface area contributed by atoms with Crippen molar-refractivity contribution < 1.29 is 17.9 Å². The molecule has 124 valence electrons. The summed E-state index contributed by atoms with van der Waals surface area (Å²) >= 11 is 0.999. The van der Waals surface area contributed by atoms with Crippen molar-refractivity contribution in [2.75, 3.05) is 18.4 Å². The second kappa shape index (κ2) is 6.97. The number of hydrogen-bond donors (Lipinski definition) is 2. The molecule has 7 nitrogen and oxygen atoms in total. The maximum Gasteiger partial charge on any atom is 0.263 e. The molecule has 1 amide bonds. The van der Waals surface area contributed by atoms with Gasteiger partial charge in [-0.1, -0.05) is 11.3 Å². The van der Waals surface area contributed by atoms with Crippen LogP contribution in [0.25, 0.3) is 0 Å². The molecule has 0 spiro atoms. The van der Waals surface area contributed by atoms with Crippen LogP contribution >= 0.6 is 11.3 Å². The number of nitrogens with zero attached hydrogens (tertiary/aromatic N) is 1. The van der Waals surface area contributed by atoms with Crippen LogP contribution in [-0.2, 0) is 10.0 Å². The van der Waals surface area contributed by atoms with Gasteiger partial charge in [-0.2, -0.15) is 0 Å². The molecule has 0 fully saturated rings. The maximum atomic E-state index is 12.3. The summed E-state index contributed by atoms with van der Waals surface area (Å²) in [6, 6.07) is 5.99. The first-order chi connectivity index (χ1) is 10.9. The van der Waals surface area contributed by atoms with E-state index in [0.717, 1.165) is 11.3 Å².